The molecule has 1 N–H and O–H groups in total. The number of hydrogen-bond donors (Lipinski definition) is 1. The predicted octanol–water partition coefficient (Wildman–Crippen LogP) is 3.64. The molecule has 1 aliphatic rings. The van der Waals surface area contributed by atoms with Gasteiger partial charge in [-0.05, 0) is 51.3 Å². The van der Waals surface area contributed by atoms with Crippen LogP contribution in [0.25, 0.3) is 0 Å². The highest BCUT2D eigenvalue weighted by molar-refractivity contribution is 9.10. The smallest absolute Gasteiger partial charge is 0.161 e. The van der Waals surface area contributed by atoms with Gasteiger partial charge < -0.3 is 14.6 Å². The van der Waals surface area contributed by atoms with Crippen molar-refractivity contribution < 1.29 is 19.0 Å². The summed E-state index contributed by atoms with van der Waals surface area (Å²) in [5.74, 6) is 1.03. The summed E-state index contributed by atoms with van der Waals surface area (Å²) in [5, 5.41) is 10.3. The molecule has 1 heterocycles. The van der Waals surface area contributed by atoms with Crippen molar-refractivity contribution >= 4 is 15.9 Å². The summed E-state index contributed by atoms with van der Waals surface area (Å²) in [6.45, 7) is 1.05. The zero-order valence-corrected chi connectivity index (χ0v) is 12.8. The zero-order valence-electron chi connectivity index (χ0n) is 11.2. The van der Waals surface area contributed by atoms with Crippen molar-refractivity contribution in [1.29, 1.82) is 0 Å². The maximum absolute atomic E-state index is 13.2. The van der Waals surface area contributed by atoms with Gasteiger partial charge in [-0.15, -0.1) is 0 Å². The van der Waals surface area contributed by atoms with Crippen molar-refractivity contribution in [3.05, 3.63) is 57.8 Å². The third kappa shape index (κ3) is 3.19. The van der Waals surface area contributed by atoms with Crippen LogP contribution in [0.2, 0.25) is 0 Å². The van der Waals surface area contributed by atoms with E-state index in [0.717, 1.165) is 11.1 Å². The van der Waals surface area contributed by atoms with Crippen molar-refractivity contribution in [2.45, 2.75) is 12.5 Å². The quantitative estimate of drug-likeness (QED) is 0.916. The number of benzene rings is 2. The Hall–Kier alpha value is -1.59. The molecule has 1 unspecified atom stereocenters. The summed E-state index contributed by atoms with van der Waals surface area (Å²) in [7, 11) is 0. The van der Waals surface area contributed by atoms with E-state index in [0.29, 0.717) is 35.6 Å². The van der Waals surface area contributed by atoms with E-state index in [1.807, 2.05) is 6.07 Å². The van der Waals surface area contributed by atoms with Crippen LogP contribution >= 0.6 is 15.9 Å². The maximum atomic E-state index is 13.2. The number of halogens is 2. The molecule has 2 aromatic carbocycles. The predicted molar refractivity (Wildman–Crippen MR) is 80.2 cm³/mol. The third-order valence-corrected chi connectivity index (χ3v) is 3.97. The van der Waals surface area contributed by atoms with E-state index in [2.05, 4.69) is 15.9 Å². The lowest BCUT2D eigenvalue weighted by molar-refractivity contribution is 0.164. The van der Waals surface area contributed by atoms with Gasteiger partial charge in [-0.2, -0.15) is 0 Å². The largest absolute Gasteiger partial charge is 0.486 e. The Kier molecular flexibility index (Phi) is 4.12. The minimum atomic E-state index is -0.682. The number of hydrogen-bond acceptors (Lipinski definition) is 3. The number of rotatable bonds is 3. The average Bonchev–Trinajstić information content (AvgIpc) is 2.50. The van der Waals surface area contributed by atoms with Crippen LogP contribution in [0.3, 0.4) is 0 Å². The summed E-state index contributed by atoms with van der Waals surface area (Å²) in [6.07, 6.45) is -0.281. The van der Waals surface area contributed by atoms with E-state index in [-0.39, 0.29) is 5.82 Å². The summed E-state index contributed by atoms with van der Waals surface area (Å²) < 4.78 is 24.6. The molecule has 3 nitrogen and oxygen atoms in total. The standard InChI is InChI=1S/C16H14BrFO3/c17-12-7-10(1-3-13(12)18)8-14(19)11-2-4-15-16(9-11)21-6-5-20-15/h1-4,7,9,14,19H,5-6,8H2. The molecule has 0 fully saturated rings. The van der Waals surface area contributed by atoms with Gasteiger partial charge in [-0.3, -0.25) is 0 Å². The fourth-order valence-electron chi connectivity index (χ4n) is 2.27. The molecule has 3 rings (SSSR count). The molecule has 0 amide bonds. The van der Waals surface area contributed by atoms with Crippen LogP contribution in [0.5, 0.6) is 11.5 Å². The summed E-state index contributed by atoms with van der Waals surface area (Å²) in [5.41, 5.74) is 1.60. The van der Waals surface area contributed by atoms with Gasteiger partial charge in [0, 0.05) is 6.42 Å². The van der Waals surface area contributed by atoms with Gasteiger partial charge in [0.2, 0.25) is 0 Å². The van der Waals surface area contributed by atoms with Gasteiger partial charge in [0.25, 0.3) is 0 Å². The van der Waals surface area contributed by atoms with E-state index in [4.69, 9.17) is 9.47 Å². The second-order valence-corrected chi connectivity index (χ2v) is 5.73. The molecule has 110 valence electrons. The molecule has 1 atom stereocenters. The van der Waals surface area contributed by atoms with E-state index in [9.17, 15) is 9.50 Å². The van der Waals surface area contributed by atoms with Gasteiger partial charge in [0.1, 0.15) is 19.0 Å². The second kappa shape index (κ2) is 6.03. The lowest BCUT2D eigenvalue weighted by Crippen LogP contribution is -2.15. The normalized spacial score (nSPS) is 14.8. The minimum absolute atomic E-state index is 0.312. The van der Waals surface area contributed by atoms with E-state index < -0.39 is 6.10 Å². The van der Waals surface area contributed by atoms with Crippen LogP contribution in [-0.4, -0.2) is 18.3 Å². The molecule has 0 aliphatic carbocycles. The fraction of sp³-hybridized carbons (Fsp3) is 0.250. The van der Waals surface area contributed by atoms with Gasteiger partial charge >= 0.3 is 0 Å². The fourth-order valence-corrected chi connectivity index (χ4v) is 2.70. The van der Waals surface area contributed by atoms with Crippen molar-refractivity contribution in [2.24, 2.45) is 0 Å². The van der Waals surface area contributed by atoms with Gasteiger partial charge in [0.05, 0.1) is 10.6 Å². The first-order chi connectivity index (χ1) is 10.1. The summed E-state index contributed by atoms with van der Waals surface area (Å²) >= 11 is 3.15. The van der Waals surface area contributed by atoms with E-state index >= 15 is 0 Å². The molecule has 0 bridgehead atoms. The number of aliphatic hydroxyl groups is 1. The molecule has 2 aromatic rings. The lowest BCUT2D eigenvalue weighted by Gasteiger charge is -2.20. The summed E-state index contributed by atoms with van der Waals surface area (Å²) in [6, 6.07) is 10.1. The monoisotopic (exact) mass is 352 g/mol. The third-order valence-electron chi connectivity index (χ3n) is 3.36. The van der Waals surface area contributed by atoms with E-state index in [1.165, 1.54) is 6.07 Å². The van der Waals surface area contributed by atoms with Gasteiger partial charge in [-0.1, -0.05) is 12.1 Å². The van der Waals surface area contributed by atoms with Crippen molar-refractivity contribution in [1.82, 2.24) is 0 Å². The molecule has 1 aliphatic heterocycles. The molecular weight excluding hydrogens is 339 g/mol. The first kappa shape index (κ1) is 14.4. The zero-order chi connectivity index (χ0) is 14.8. The lowest BCUT2D eigenvalue weighted by atomic mass is 10.0. The summed E-state index contributed by atoms with van der Waals surface area (Å²) in [4.78, 5) is 0. The Bertz CT molecular complexity index is 660. The highest BCUT2D eigenvalue weighted by Gasteiger charge is 2.16. The average molecular weight is 353 g/mol. The van der Waals surface area contributed by atoms with Crippen molar-refractivity contribution in [3.8, 4) is 11.5 Å². The molecule has 0 saturated carbocycles. The number of ether oxygens (including phenoxy) is 2. The van der Waals surface area contributed by atoms with Crippen LogP contribution in [0.4, 0.5) is 4.39 Å². The highest BCUT2D eigenvalue weighted by Crippen LogP contribution is 2.33. The second-order valence-electron chi connectivity index (χ2n) is 4.87. The first-order valence-electron chi connectivity index (χ1n) is 6.65. The van der Waals surface area contributed by atoms with E-state index in [1.54, 1.807) is 24.3 Å². The Morgan fingerprint density at radius 3 is 2.62 bits per heavy atom. The Labute approximate surface area is 130 Å². The van der Waals surface area contributed by atoms with Crippen LogP contribution < -0.4 is 9.47 Å². The van der Waals surface area contributed by atoms with Gasteiger partial charge in [0.15, 0.2) is 11.5 Å². The highest BCUT2D eigenvalue weighted by atomic mass is 79.9. The maximum Gasteiger partial charge on any atom is 0.161 e. The molecule has 0 aromatic heterocycles. The first-order valence-corrected chi connectivity index (χ1v) is 7.44. The topological polar surface area (TPSA) is 38.7 Å². The van der Waals surface area contributed by atoms with Crippen LogP contribution in [-0.2, 0) is 6.42 Å². The molecule has 5 heteroatoms. The molecule has 0 saturated heterocycles. The van der Waals surface area contributed by atoms with Gasteiger partial charge in [-0.25, -0.2) is 4.39 Å². The van der Waals surface area contributed by atoms with Crippen molar-refractivity contribution in [2.75, 3.05) is 13.2 Å². The molecule has 0 radical (unpaired) electrons. The Morgan fingerprint density at radius 1 is 1.10 bits per heavy atom. The minimum Gasteiger partial charge on any atom is -0.486 e. The number of aliphatic hydroxyl groups excluding tert-OH is 1. The SMILES string of the molecule is OC(Cc1ccc(F)c(Br)c1)c1ccc2c(c1)OCCO2. The Morgan fingerprint density at radius 2 is 1.86 bits per heavy atom. The molecular formula is C16H14BrFO3. The Balaban J connectivity index is 1.78. The van der Waals surface area contributed by atoms with Crippen molar-refractivity contribution in [3.63, 3.8) is 0 Å². The van der Waals surface area contributed by atoms with Crippen LogP contribution in [0.15, 0.2) is 40.9 Å². The number of fused-ring (bicyclic) bond motifs is 1. The molecule has 21 heavy (non-hydrogen) atoms. The molecule has 0 spiro atoms. The van der Waals surface area contributed by atoms with Crippen LogP contribution in [0.1, 0.15) is 17.2 Å². The van der Waals surface area contributed by atoms with Crippen LogP contribution in [0, 0.1) is 5.82 Å².